The first-order valence-electron chi connectivity index (χ1n) is 8.81. The predicted octanol–water partition coefficient (Wildman–Crippen LogP) is 3.87. The maximum Gasteiger partial charge on any atom is 0.261 e. The fourth-order valence-corrected chi connectivity index (χ4v) is 2.50. The minimum atomic E-state index is 0.203. The van der Waals surface area contributed by atoms with Gasteiger partial charge in [-0.1, -0.05) is 54.1 Å². The molecule has 27 heavy (non-hydrogen) atoms. The number of azo groups is 1. The Morgan fingerprint density at radius 1 is 1.07 bits per heavy atom. The molecule has 0 saturated heterocycles. The van der Waals surface area contributed by atoms with Gasteiger partial charge in [-0.05, 0) is 31.0 Å². The van der Waals surface area contributed by atoms with Crippen molar-refractivity contribution in [3.05, 3.63) is 78.3 Å². The van der Waals surface area contributed by atoms with E-state index < -0.39 is 0 Å². The molecule has 2 aromatic carbocycles. The van der Waals surface area contributed by atoms with E-state index in [1.54, 1.807) is 4.90 Å². The average Bonchev–Trinajstić information content (AvgIpc) is 3.15. The third kappa shape index (κ3) is 5.39. The van der Waals surface area contributed by atoms with E-state index in [9.17, 15) is 0 Å². The summed E-state index contributed by atoms with van der Waals surface area (Å²) in [7, 11) is 3.73. The van der Waals surface area contributed by atoms with Crippen molar-refractivity contribution in [1.82, 2.24) is 15.5 Å². The molecule has 140 valence electrons. The Kier molecular flexibility index (Phi) is 6.17. The zero-order valence-electron chi connectivity index (χ0n) is 15.8. The number of rotatable bonds is 5. The van der Waals surface area contributed by atoms with Gasteiger partial charge < -0.3 is 9.74 Å². The summed E-state index contributed by atoms with van der Waals surface area (Å²) in [5, 5.41) is 10.3. The molecule has 1 aliphatic rings. The maximum absolute atomic E-state index is 5.48. The fraction of sp³-hybridized carbons (Fsp3) is 0.250. The van der Waals surface area contributed by atoms with Crippen LogP contribution in [0.15, 0.2) is 88.0 Å². The number of guanidine groups is 1. The van der Waals surface area contributed by atoms with Crippen LogP contribution in [0.1, 0.15) is 12.5 Å². The number of hydrazine groups is 1. The van der Waals surface area contributed by atoms with Crippen molar-refractivity contribution in [2.75, 3.05) is 14.1 Å². The minimum Gasteiger partial charge on any atom is -0.367 e. The van der Waals surface area contributed by atoms with Gasteiger partial charge >= 0.3 is 0 Å². The van der Waals surface area contributed by atoms with E-state index in [0.29, 0.717) is 11.8 Å². The molecule has 0 amide bonds. The number of hydrogen-bond donors (Lipinski definition) is 1. The van der Waals surface area contributed by atoms with Crippen LogP contribution < -0.4 is 5.59 Å². The molecule has 7 nitrogen and oxygen atoms in total. The van der Waals surface area contributed by atoms with E-state index in [1.165, 1.54) is 5.56 Å². The van der Waals surface area contributed by atoms with Crippen LogP contribution in [0, 0.1) is 0 Å². The van der Waals surface area contributed by atoms with Crippen molar-refractivity contribution >= 4 is 11.6 Å². The molecule has 1 N–H and O–H groups in total. The summed E-state index contributed by atoms with van der Waals surface area (Å²) >= 11 is 0. The van der Waals surface area contributed by atoms with E-state index in [4.69, 9.17) is 4.84 Å². The summed E-state index contributed by atoms with van der Waals surface area (Å²) in [5.74, 6) is 0.884. The average molecular weight is 364 g/mol. The topological polar surface area (TPSA) is 64.8 Å². The first-order valence-corrected chi connectivity index (χ1v) is 8.81. The zero-order valence-corrected chi connectivity index (χ0v) is 15.8. The molecule has 3 rings (SSSR count). The van der Waals surface area contributed by atoms with Crippen LogP contribution in [-0.2, 0) is 11.3 Å². The fourth-order valence-electron chi connectivity index (χ4n) is 2.50. The third-order valence-electron chi connectivity index (χ3n) is 3.98. The van der Waals surface area contributed by atoms with Gasteiger partial charge in [0.05, 0.1) is 11.9 Å². The maximum atomic E-state index is 5.48. The summed E-state index contributed by atoms with van der Waals surface area (Å²) in [6.07, 6.45) is 2.72. The molecule has 0 fully saturated rings. The lowest BCUT2D eigenvalue weighted by atomic mass is 10.1. The van der Waals surface area contributed by atoms with Gasteiger partial charge in [-0.15, -0.1) is 10.2 Å². The van der Waals surface area contributed by atoms with E-state index in [0.717, 1.165) is 12.1 Å². The summed E-state index contributed by atoms with van der Waals surface area (Å²) in [6, 6.07) is 20.1. The molecule has 0 spiro atoms. The number of nitrogens with one attached hydrogen (secondary N) is 1. The SMILES string of the molecule is CC(Cc1ccccc1)N1C=C(/N=C(/N=Nc2ccccc2)N(C)C)ON1. The lowest BCUT2D eigenvalue weighted by Gasteiger charge is -2.21. The largest absolute Gasteiger partial charge is 0.367 e. The molecule has 0 saturated carbocycles. The van der Waals surface area contributed by atoms with Crippen molar-refractivity contribution in [3.63, 3.8) is 0 Å². The van der Waals surface area contributed by atoms with Crippen LogP contribution >= 0.6 is 0 Å². The van der Waals surface area contributed by atoms with Crippen LogP contribution in [-0.4, -0.2) is 36.0 Å². The second-order valence-corrected chi connectivity index (χ2v) is 6.45. The molecule has 0 aliphatic carbocycles. The van der Waals surface area contributed by atoms with Gasteiger partial charge in [-0.2, -0.15) is 4.99 Å². The van der Waals surface area contributed by atoms with E-state index >= 15 is 0 Å². The predicted molar refractivity (Wildman–Crippen MR) is 106 cm³/mol. The normalized spacial score (nSPS) is 15.6. The van der Waals surface area contributed by atoms with Crippen LogP contribution in [0.25, 0.3) is 0 Å². The second kappa shape index (κ2) is 8.95. The second-order valence-electron chi connectivity index (χ2n) is 6.45. The number of aliphatic imine (C=N–C) groups is 1. The highest BCUT2D eigenvalue weighted by molar-refractivity contribution is 5.80. The van der Waals surface area contributed by atoms with Gasteiger partial charge in [0.1, 0.15) is 0 Å². The molecule has 1 atom stereocenters. The zero-order chi connectivity index (χ0) is 19.1. The third-order valence-corrected chi connectivity index (χ3v) is 3.98. The first kappa shape index (κ1) is 18.6. The summed E-state index contributed by atoms with van der Waals surface area (Å²) in [5.41, 5.74) is 4.92. The van der Waals surface area contributed by atoms with Crippen molar-refractivity contribution in [2.45, 2.75) is 19.4 Å². The molecular formula is C20H24N6O. The Morgan fingerprint density at radius 3 is 2.41 bits per heavy atom. The first-order chi connectivity index (χ1) is 13.1. The van der Waals surface area contributed by atoms with Crippen LogP contribution in [0.5, 0.6) is 0 Å². The quantitative estimate of drug-likeness (QED) is 0.497. The standard InChI is InChI=1S/C20H24N6O/c1-16(14-17-10-6-4-7-11-17)26-15-19(27-24-26)21-20(25(2)3)23-22-18-12-8-5-9-13-18/h4-13,15-16,24H,14H2,1-3H3/b21-20-,23-22?. The highest BCUT2D eigenvalue weighted by atomic mass is 16.7. The Morgan fingerprint density at radius 2 is 1.74 bits per heavy atom. The smallest absolute Gasteiger partial charge is 0.261 e. The van der Waals surface area contributed by atoms with Crippen LogP contribution in [0.3, 0.4) is 0 Å². The Labute approximate surface area is 159 Å². The van der Waals surface area contributed by atoms with E-state index in [2.05, 4.69) is 39.9 Å². The Balaban J connectivity index is 1.68. The molecule has 2 aromatic rings. The van der Waals surface area contributed by atoms with Crippen molar-refractivity contribution < 1.29 is 4.84 Å². The molecule has 1 aliphatic heterocycles. The lowest BCUT2D eigenvalue weighted by molar-refractivity contribution is 0.00201. The lowest BCUT2D eigenvalue weighted by Crippen LogP contribution is -2.37. The van der Waals surface area contributed by atoms with Crippen LogP contribution in [0.4, 0.5) is 5.69 Å². The summed E-state index contributed by atoms with van der Waals surface area (Å²) in [6.45, 7) is 2.12. The van der Waals surface area contributed by atoms with E-state index in [-0.39, 0.29) is 6.04 Å². The highest BCUT2D eigenvalue weighted by Gasteiger charge is 2.20. The van der Waals surface area contributed by atoms with Gasteiger partial charge in [0.2, 0.25) is 5.96 Å². The monoisotopic (exact) mass is 364 g/mol. The molecule has 7 heteroatoms. The molecule has 1 unspecified atom stereocenters. The van der Waals surface area contributed by atoms with E-state index in [1.807, 2.05) is 73.8 Å². The number of hydrogen-bond acceptors (Lipinski definition) is 5. The molecule has 0 aromatic heterocycles. The molecule has 0 radical (unpaired) electrons. The van der Waals surface area contributed by atoms with Gasteiger partial charge in [0.15, 0.2) is 0 Å². The minimum absolute atomic E-state index is 0.203. The summed E-state index contributed by atoms with van der Waals surface area (Å²) < 4.78 is 0. The molecular weight excluding hydrogens is 340 g/mol. The number of benzene rings is 2. The highest BCUT2D eigenvalue weighted by Crippen LogP contribution is 2.16. The van der Waals surface area contributed by atoms with Gasteiger partial charge in [-0.3, -0.25) is 5.01 Å². The molecule has 1 heterocycles. The van der Waals surface area contributed by atoms with Gasteiger partial charge in [0, 0.05) is 20.1 Å². The van der Waals surface area contributed by atoms with Gasteiger partial charge in [-0.25, -0.2) is 0 Å². The Bertz CT molecular complexity index is 817. The van der Waals surface area contributed by atoms with Crippen molar-refractivity contribution in [1.29, 1.82) is 0 Å². The van der Waals surface area contributed by atoms with Crippen LogP contribution in [0.2, 0.25) is 0 Å². The number of nitrogens with zero attached hydrogens (tertiary/aromatic N) is 5. The van der Waals surface area contributed by atoms with Crippen molar-refractivity contribution in [2.24, 2.45) is 15.2 Å². The molecule has 0 bridgehead atoms. The Hall–Kier alpha value is -3.19. The van der Waals surface area contributed by atoms with Crippen molar-refractivity contribution in [3.8, 4) is 0 Å². The summed E-state index contributed by atoms with van der Waals surface area (Å²) in [4.78, 5) is 11.7. The van der Waals surface area contributed by atoms with Gasteiger partial charge in [0.25, 0.3) is 5.88 Å².